The van der Waals surface area contributed by atoms with Crippen LogP contribution in [0.15, 0.2) is 48.5 Å². The van der Waals surface area contributed by atoms with Gasteiger partial charge in [-0.15, -0.1) is 0 Å². The maximum atomic E-state index is 12.8. The van der Waals surface area contributed by atoms with E-state index < -0.39 is 12.0 Å². The van der Waals surface area contributed by atoms with Gasteiger partial charge in [-0.25, -0.2) is 4.79 Å². The van der Waals surface area contributed by atoms with Crippen LogP contribution in [-0.2, 0) is 9.53 Å². The molecule has 3 N–H and O–H groups in total. The molecule has 140 valence electrons. The molecule has 1 atom stereocenters. The van der Waals surface area contributed by atoms with E-state index in [1.165, 1.54) is 4.90 Å². The fourth-order valence-corrected chi connectivity index (χ4v) is 2.98. The summed E-state index contributed by atoms with van der Waals surface area (Å²) in [6, 6.07) is 13.4. The third-order valence-electron chi connectivity index (χ3n) is 4.03. The van der Waals surface area contributed by atoms with Crippen LogP contribution in [0.4, 0.5) is 11.4 Å². The van der Waals surface area contributed by atoms with Gasteiger partial charge in [-0.3, -0.25) is 9.69 Å². The first-order valence-electron chi connectivity index (χ1n) is 8.55. The van der Waals surface area contributed by atoms with Crippen LogP contribution in [0.3, 0.4) is 0 Å². The van der Waals surface area contributed by atoms with E-state index in [1.54, 1.807) is 56.3 Å². The smallest absolute Gasteiger partial charge is 0.354 e. The predicted molar refractivity (Wildman–Crippen MR) is 107 cm³/mol. The van der Waals surface area contributed by atoms with E-state index in [4.69, 9.17) is 22.1 Å². The molecule has 0 saturated carbocycles. The number of halogens is 1. The number of hydrogen-bond acceptors (Lipinski definition) is 4. The number of carbonyl (C=O) groups excluding carboxylic acids is 2. The second-order valence-electron chi connectivity index (χ2n) is 6.12. The lowest BCUT2D eigenvalue weighted by atomic mass is 10.1. The Kier molecular flexibility index (Phi) is 5.48. The number of H-pyrrole nitrogens is 1. The molecule has 0 radical (unpaired) electrons. The number of ether oxygens (including phenoxy) is 1. The molecule has 0 spiro atoms. The molecule has 0 aliphatic rings. The summed E-state index contributed by atoms with van der Waals surface area (Å²) >= 11 is 6.10. The van der Waals surface area contributed by atoms with Gasteiger partial charge in [0.15, 0.2) is 0 Å². The Morgan fingerprint density at radius 3 is 2.59 bits per heavy atom. The Morgan fingerprint density at radius 2 is 1.93 bits per heavy atom. The standard InChI is InChI=1S/C20H20ClN3O3/c1-3-27-20(26)18-10-13-9-16(7-8-17(13)23-18)24(19(25)12(2)22)15-6-4-5-14(21)11-15/h4-12,23H,3,22H2,1-2H3. The van der Waals surface area contributed by atoms with Crippen molar-refractivity contribution in [3.63, 3.8) is 0 Å². The molecule has 7 heteroatoms. The molecular formula is C20H20ClN3O3. The number of hydrogen-bond donors (Lipinski definition) is 2. The van der Waals surface area contributed by atoms with Crippen LogP contribution < -0.4 is 10.6 Å². The highest BCUT2D eigenvalue weighted by molar-refractivity contribution is 6.31. The average Bonchev–Trinajstić information content (AvgIpc) is 3.05. The highest BCUT2D eigenvalue weighted by atomic mass is 35.5. The average molecular weight is 386 g/mol. The number of esters is 1. The first-order valence-corrected chi connectivity index (χ1v) is 8.93. The van der Waals surface area contributed by atoms with Crippen molar-refractivity contribution in [2.45, 2.75) is 19.9 Å². The van der Waals surface area contributed by atoms with Gasteiger partial charge < -0.3 is 15.5 Å². The summed E-state index contributed by atoms with van der Waals surface area (Å²) in [5.41, 5.74) is 8.21. The predicted octanol–water partition coefficient (Wildman–Crippen LogP) is 4.01. The van der Waals surface area contributed by atoms with Crippen molar-refractivity contribution >= 4 is 45.8 Å². The first-order chi connectivity index (χ1) is 12.9. The number of nitrogens with two attached hydrogens (primary N) is 1. The number of fused-ring (bicyclic) bond motifs is 1. The van der Waals surface area contributed by atoms with Crippen LogP contribution in [0.2, 0.25) is 5.02 Å². The van der Waals surface area contributed by atoms with E-state index >= 15 is 0 Å². The van der Waals surface area contributed by atoms with Crippen molar-refractivity contribution in [3.05, 3.63) is 59.2 Å². The van der Waals surface area contributed by atoms with Crippen LogP contribution in [0, 0.1) is 0 Å². The quantitative estimate of drug-likeness (QED) is 0.649. The van der Waals surface area contributed by atoms with Crippen molar-refractivity contribution in [2.24, 2.45) is 5.73 Å². The van der Waals surface area contributed by atoms with Crippen molar-refractivity contribution in [2.75, 3.05) is 11.5 Å². The van der Waals surface area contributed by atoms with E-state index in [0.717, 1.165) is 10.9 Å². The van der Waals surface area contributed by atoms with Gasteiger partial charge in [-0.05, 0) is 56.3 Å². The largest absolute Gasteiger partial charge is 0.461 e. The molecule has 1 amide bonds. The molecule has 0 saturated heterocycles. The van der Waals surface area contributed by atoms with Gasteiger partial charge in [0.1, 0.15) is 5.69 Å². The molecule has 1 aromatic heterocycles. The number of rotatable bonds is 5. The summed E-state index contributed by atoms with van der Waals surface area (Å²) in [7, 11) is 0. The highest BCUT2D eigenvalue weighted by Gasteiger charge is 2.22. The topological polar surface area (TPSA) is 88.4 Å². The fraction of sp³-hybridized carbons (Fsp3) is 0.200. The zero-order chi connectivity index (χ0) is 19.6. The van der Waals surface area contributed by atoms with Gasteiger partial charge in [0.05, 0.1) is 18.3 Å². The van der Waals surface area contributed by atoms with Crippen LogP contribution in [0.25, 0.3) is 10.9 Å². The number of anilines is 2. The summed E-state index contributed by atoms with van der Waals surface area (Å²) in [4.78, 5) is 29.3. The molecule has 0 fully saturated rings. The second kappa shape index (κ2) is 7.82. The zero-order valence-corrected chi connectivity index (χ0v) is 15.8. The van der Waals surface area contributed by atoms with E-state index in [-0.39, 0.29) is 5.91 Å². The molecule has 6 nitrogen and oxygen atoms in total. The summed E-state index contributed by atoms with van der Waals surface area (Å²) in [5.74, 6) is -0.689. The number of nitrogens with zero attached hydrogens (tertiary/aromatic N) is 1. The molecule has 3 rings (SSSR count). The molecular weight excluding hydrogens is 366 g/mol. The lowest BCUT2D eigenvalue weighted by Gasteiger charge is -2.25. The Labute approximate surface area is 161 Å². The van der Waals surface area contributed by atoms with Gasteiger partial charge in [-0.1, -0.05) is 17.7 Å². The Balaban J connectivity index is 2.07. The van der Waals surface area contributed by atoms with Crippen LogP contribution >= 0.6 is 11.6 Å². The molecule has 0 aliphatic heterocycles. The Bertz CT molecular complexity index is 997. The number of aromatic nitrogens is 1. The third kappa shape index (κ3) is 3.97. The zero-order valence-electron chi connectivity index (χ0n) is 15.0. The summed E-state index contributed by atoms with van der Waals surface area (Å²) in [6.07, 6.45) is 0. The Hall–Kier alpha value is -2.83. The van der Waals surface area contributed by atoms with E-state index in [2.05, 4.69) is 4.98 Å². The Morgan fingerprint density at radius 1 is 1.19 bits per heavy atom. The van der Waals surface area contributed by atoms with Crippen molar-refractivity contribution < 1.29 is 14.3 Å². The van der Waals surface area contributed by atoms with Crippen LogP contribution in [-0.4, -0.2) is 29.5 Å². The first kappa shape index (κ1) is 18.9. The van der Waals surface area contributed by atoms with E-state index in [9.17, 15) is 9.59 Å². The molecule has 0 bridgehead atoms. The lowest BCUT2D eigenvalue weighted by Crippen LogP contribution is -2.39. The number of benzene rings is 2. The number of carbonyl (C=O) groups is 2. The van der Waals surface area contributed by atoms with Gasteiger partial charge >= 0.3 is 5.97 Å². The van der Waals surface area contributed by atoms with E-state index in [1.807, 2.05) is 6.07 Å². The van der Waals surface area contributed by atoms with Crippen LogP contribution in [0.5, 0.6) is 0 Å². The summed E-state index contributed by atoms with van der Waals surface area (Å²) in [6.45, 7) is 3.68. The fourth-order valence-electron chi connectivity index (χ4n) is 2.80. The summed E-state index contributed by atoms with van der Waals surface area (Å²) < 4.78 is 5.02. The SMILES string of the molecule is CCOC(=O)c1cc2cc(N(C(=O)C(C)N)c3cccc(Cl)c3)ccc2[nH]1. The maximum absolute atomic E-state index is 12.8. The van der Waals surface area contributed by atoms with Crippen molar-refractivity contribution in [1.82, 2.24) is 4.98 Å². The van der Waals surface area contributed by atoms with Crippen molar-refractivity contribution in [1.29, 1.82) is 0 Å². The molecule has 1 heterocycles. The minimum Gasteiger partial charge on any atom is -0.461 e. The minimum atomic E-state index is -0.694. The minimum absolute atomic E-state index is 0.266. The normalized spacial score (nSPS) is 12.0. The van der Waals surface area contributed by atoms with Gasteiger partial charge in [-0.2, -0.15) is 0 Å². The van der Waals surface area contributed by atoms with Crippen LogP contribution in [0.1, 0.15) is 24.3 Å². The molecule has 3 aromatic rings. The third-order valence-corrected chi connectivity index (χ3v) is 4.27. The molecule has 2 aromatic carbocycles. The number of amides is 1. The molecule has 27 heavy (non-hydrogen) atoms. The van der Waals surface area contributed by atoms with Gasteiger partial charge in [0, 0.05) is 21.6 Å². The number of aromatic amines is 1. The van der Waals surface area contributed by atoms with Gasteiger partial charge in [0.2, 0.25) is 5.91 Å². The maximum Gasteiger partial charge on any atom is 0.354 e. The summed E-state index contributed by atoms with van der Waals surface area (Å²) in [5, 5.41) is 1.29. The second-order valence-corrected chi connectivity index (χ2v) is 6.55. The lowest BCUT2D eigenvalue weighted by molar-refractivity contribution is -0.118. The van der Waals surface area contributed by atoms with Gasteiger partial charge in [0.25, 0.3) is 0 Å². The van der Waals surface area contributed by atoms with E-state index in [0.29, 0.717) is 28.7 Å². The van der Waals surface area contributed by atoms with Crippen molar-refractivity contribution in [3.8, 4) is 0 Å². The molecule has 1 unspecified atom stereocenters. The number of nitrogens with one attached hydrogen (secondary N) is 1. The highest BCUT2D eigenvalue weighted by Crippen LogP contribution is 2.31. The monoisotopic (exact) mass is 385 g/mol. The molecule has 0 aliphatic carbocycles.